The highest BCUT2D eigenvalue weighted by atomic mass is 16.2. The monoisotopic (exact) mass is 264 g/mol. The van der Waals surface area contributed by atoms with E-state index >= 15 is 0 Å². The number of nitrogens with one attached hydrogen (secondary N) is 1. The number of aromatic nitrogens is 1. The van der Waals surface area contributed by atoms with Crippen LogP contribution in [0.5, 0.6) is 0 Å². The van der Waals surface area contributed by atoms with Crippen LogP contribution in [0.1, 0.15) is 15.9 Å². The minimum atomic E-state index is -0.190. The first kappa shape index (κ1) is 11.2. The molecule has 0 atom stereocenters. The van der Waals surface area contributed by atoms with Gasteiger partial charge in [-0.1, -0.05) is 12.1 Å². The van der Waals surface area contributed by atoms with Gasteiger partial charge in [0.2, 0.25) is 0 Å². The van der Waals surface area contributed by atoms with Crippen LogP contribution in [0.3, 0.4) is 0 Å². The van der Waals surface area contributed by atoms with E-state index in [9.17, 15) is 9.59 Å². The number of carbonyl (C=O) groups excluding carboxylic acids is 1. The highest BCUT2D eigenvalue weighted by molar-refractivity contribution is 6.30. The SMILES string of the molecule is Cc1cn(C)c(=O)c2c3c4c(cccc4cc12)NC3=O. The summed E-state index contributed by atoms with van der Waals surface area (Å²) >= 11 is 0. The summed E-state index contributed by atoms with van der Waals surface area (Å²) in [5.41, 5.74) is 2.16. The molecule has 20 heavy (non-hydrogen) atoms. The van der Waals surface area contributed by atoms with E-state index in [1.807, 2.05) is 31.2 Å². The van der Waals surface area contributed by atoms with Crippen LogP contribution >= 0.6 is 0 Å². The Morgan fingerprint density at radius 2 is 1.95 bits per heavy atom. The second-order valence-electron chi connectivity index (χ2n) is 5.26. The second-order valence-corrected chi connectivity index (χ2v) is 5.26. The van der Waals surface area contributed by atoms with Gasteiger partial charge in [-0.2, -0.15) is 0 Å². The molecule has 0 bridgehead atoms. The minimum Gasteiger partial charge on any atom is -0.321 e. The normalized spacial score (nSPS) is 13.2. The summed E-state index contributed by atoms with van der Waals surface area (Å²) < 4.78 is 1.54. The summed E-state index contributed by atoms with van der Waals surface area (Å²) in [4.78, 5) is 24.7. The van der Waals surface area contributed by atoms with E-state index in [-0.39, 0.29) is 11.5 Å². The molecule has 3 aromatic rings. The predicted molar refractivity (Wildman–Crippen MR) is 79.4 cm³/mol. The quantitative estimate of drug-likeness (QED) is 0.634. The number of fused-ring (bicyclic) bond motifs is 2. The lowest BCUT2D eigenvalue weighted by Gasteiger charge is -2.09. The van der Waals surface area contributed by atoms with Gasteiger partial charge in [0, 0.05) is 24.3 Å². The maximum absolute atomic E-state index is 12.5. The molecule has 2 aromatic carbocycles. The van der Waals surface area contributed by atoms with Gasteiger partial charge in [0.15, 0.2) is 0 Å². The number of hydrogen-bond donors (Lipinski definition) is 1. The first-order valence-electron chi connectivity index (χ1n) is 6.45. The molecule has 1 aliphatic rings. The van der Waals surface area contributed by atoms with Gasteiger partial charge < -0.3 is 9.88 Å². The summed E-state index contributed by atoms with van der Waals surface area (Å²) in [7, 11) is 1.71. The van der Waals surface area contributed by atoms with Gasteiger partial charge >= 0.3 is 0 Å². The van der Waals surface area contributed by atoms with Gasteiger partial charge in [-0.25, -0.2) is 0 Å². The Labute approximate surface area is 114 Å². The largest absolute Gasteiger partial charge is 0.321 e. The molecule has 1 aliphatic heterocycles. The fourth-order valence-corrected chi connectivity index (χ4v) is 3.10. The van der Waals surface area contributed by atoms with Crippen LogP contribution in [0.2, 0.25) is 0 Å². The number of anilines is 1. The van der Waals surface area contributed by atoms with Crippen molar-refractivity contribution in [3.05, 3.63) is 51.9 Å². The molecule has 0 fully saturated rings. The molecular formula is C16H12N2O2. The van der Waals surface area contributed by atoms with Gasteiger partial charge in [0.25, 0.3) is 11.5 Å². The Balaban J connectivity index is 2.42. The Morgan fingerprint density at radius 1 is 1.15 bits per heavy atom. The number of benzene rings is 2. The fourth-order valence-electron chi connectivity index (χ4n) is 3.10. The van der Waals surface area contributed by atoms with Crippen LogP contribution in [0.4, 0.5) is 5.69 Å². The lowest BCUT2D eigenvalue weighted by molar-refractivity contribution is 0.103. The predicted octanol–water partition coefficient (Wildman–Crippen LogP) is 2.57. The van der Waals surface area contributed by atoms with Gasteiger partial charge in [0.1, 0.15) is 0 Å². The highest BCUT2D eigenvalue weighted by Gasteiger charge is 2.26. The number of rotatable bonds is 0. The number of aryl methyl sites for hydroxylation is 2. The molecule has 4 nitrogen and oxygen atoms in total. The number of carbonyl (C=O) groups is 1. The standard InChI is InChI=1S/C16H12N2O2/c1-8-7-18(2)16(20)13-10(8)6-9-4-3-5-11-12(9)14(13)15(19)17-11/h3-7H,1-2H3,(H,17,19). The van der Waals surface area contributed by atoms with E-state index in [1.54, 1.807) is 13.2 Å². The molecule has 0 aliphatic carbocycles. The zero-order valence-corrected chi connectivity index (χ0v) is 11.2. The van der Waals surface area contributed by atoms with Gasteiger partial charge in [-0.15, -0.1) is 0 Å². The van der Waals surface area contributed by atoms with E-state index < -0.39 is 0 Å². The smallest absolute Gasteiger partial charge is 0.259 e. The van der Waals surface area contributed by atoms with E-state index in [2.05, 4.69) is 5.32 Å². The van der Waals surface area contributed by atoms with Crippen LogP contribution in [0.15, 0.2) is 35.3 Å². The molecular weight excluding hydrogens is 252 g/mol. The van der Waals surface area contributed by atoms with Gasteiger partial charge in [-0.3, -0.25) is 9.59 Å². The molecule has 0 radical (unpaired) electrons. The van der Waals surface area contributed by atoms with Crippen molar-refractivity contribution in [1.29, 1.82) is 0 Å². The Kier molecular flexibility index (Phi) is 1.95. The molecule has 0 saturated heterocycles. The van der Waals surface area contributed by atoms with Crippen molar-refractivity contribution in [3.63, 3.8) is 0 Å². The van der Waals surface area contributed by atoms with Gasteiger partial charge in [0.05, 0.1) is 10.9 Å². The first-order chi connectivity index (χ1) is 9.58. The lowest BCUT2D eigenvalue weighted by Crippen LogP contribution is -2.19. The van der Waals surface area contributed by atoms with Gasteiger partial charge in [-0.05, 0) is 35.4 Å². The Morgan fingerprint density at radius 3 is 2.75 bits per heavy atom. The first-order valence-corrected chi connectivity index (χ1v) is 6.45. The highest BCUT2D eigenvalue weighted by Crippen LogP contribution is 2.37. The van der Waals surface area contributed by atoms with Crippen LogP contribution in [0.25, 0.3) is 21.5 Å². The summed E-state index contributed by atoms with van der Waals surface area (Å²) in [6.45, 7) is 1.96. The maximum atomic E-state index is 12.5. The van der Waals surface area contributed by atoms with Crippen molar-refractivity contribution in [3.8, 4) is 0 Å². The molecule has 1 N–H and O–H groups in total. The zero-order chi connectivity index (χ0) is 14.0. The average molecular weight is 264 g/mol. The maximum Gasteiger partial charge on any atom is 0.259 e. The summed E-state index contributed by atoms with van der Waals surface area (Å²) in [6.07, 6.45) is 1.81. The second kappa shape index (κ2) is 3.48. The molecule has 0 saturated carbocycles. The van der Waals surface area contributed by atoms with E-state index in [1.165, 1.54) is 4.57 Å². The van der Waals surface area contributed by atoms with Crippen LogP contribution < -0.4 is 10.9 Å². The molecule has 2 heterocycles. The number of hydrogen-bond acceptors (Lipinski definition) is 2. The molecule has 4 heteroatoms. The van der Waals surface area contributed by atoms with Crippen LogP contribution in [-0.2, 0) is 7.05 Å². The van der Waals surface area contributed by atoms with Crippen molar-refractivity contribution < 1.29 is 4.79 Å². The lowest BCUT2D eigenvalue weighted by atomic mass is 9.96. The minimum absolute atomic E-state index is 0.130. The summed E-state index contributed by atoms with van der Waals surface area (Å²) in [6, 6.07) is 7.74. The van der Waals surface area contributed by atoms with E-state index in [4.69, 9.17) is 0 Å². The molecule has 4 rings (SSSR count). The van der Waals surface area contributed by atoms with Crippen molar-refractivity contribution in [2.75, 3.05) is 5.32 Å². The Hall–Kier alpha value is -2.62. The third kappa shape index (κ3) is 1.20. The van der Waals surface area contributed by atoms with Crippen LogP contribution in [-0.4, -0.2) is 10.5 Å². The third-order valence-corrected chi connectivity index (χ3v) is 3.99. The average Bonchev–Trinajstić information content (AvgIpc) is 2.75. The fraction of sp³-hybridized carbons (Fsp3) is 0.125. The third-order valence-electron chi connectivity index (χ3n) is 3.99. The summed E-state index contributed by atoms with van der Waals surface area (Å²) in [5, 5.41) is 6.05. The molecule has 1 aromatic heterocycles. The zero-order valence-electron chi connectivity index (χ0n) is 11.2. The molecule has 1 amide bonds. The molecule has 98 valence electrons. The molecule has 0 spiro atoms. The number of amides is 1. The van der Waals surface area contributed by atoms with Crippen molar-refractivity contribution in [2.45, 2.75) is 6.92 Å². The Bertz CT molecular complexity index is 983. The van der Waals surface area contributed by atoms with Crippen molar-refractivity contribution in [1.82, 2.24) is 4.57 Å². The van der Waals surface area contributed by atoms with Crippen molar-refractivity contribution >= 4 is 33.1 Å². The molecule has 0 unspecified atom stereocenters. The van der Waals surface area contributed by atoms with Crippen LogP contribution in [0, 0.1) is 6.92 Å². The number of nitrogens with zero attached hydrogens (tertiary/aromatic N) is 1. The van der Waals surface area contributed by atoms with Crippen molar-refractivity contribution in [2.24, 2.45) is 7.05 Å². The van der Waals surface area contributed by atoms with E-state index in [0.29, 0.717) is 10.9 Å². The van der Waals surface area contributed by atoms with E-state index in [0.717, 1.165) is 27.4 Å². The topological polar surface area (TPSA) is 51.1 Å². The number of pyridine rings is 1. The summed E-state index contributed by atoms with van der Waals surface area (Å²) in [5.74, 6) is -0.190.